The van der Waals surface area contributed by atoms with Gasteiger partial charge in [-0.05, 0) is 23.8 Å². The second-order valence-corrected chi connectivity index (χ2v) is 7.71. The Bertz CT molecular complexity index is 1180. The number of fused-ring (bicyclic) bond motifs is 3. The van der Waals surface area contributed by atoms with Gasteiger partial charge in [-0.1, -0.05) is 36.4 Å². The molecule has 30 heavy (non-hydrogen) atoms. The Morgan fingerprint density at radius 2 is 1.93 bits per heavy atom. The van der Waals surface area contributed by atoms with E-state index in [2.05, 4.69) is 68.4 Å². The first-order chi connectivity index (χ1) is 14.8. The minimum atomic E-state index is 0.837. The Kier molecular flexibility index (Phi) is 5.07. The van der Waals surface area contributed by atoms with Crippen molar-refractivity contribution in [1.29, 1.82) is 0 Å². The fourth-order valence-corrected chi connectivity index (χ4v) is 4.19. The monoisotopic (exact) mass is 400 g/mol. The van der Waals surface area contributed by atoms with Crippen molar-refractivity contribution in [2.24, 2.45) is 0 Å². The zero-order chi connectivity index (χ0) is 20.3. The maximum atomic E-state index is 5.36. The van der Waals surface area contributed by atoms with Gasteiger partial charge in [0.15, 0.2) is 5.82 Å². The molecule has 0 spiro atoms. The number of rotatable bonds is 5. The molecule has 4 aromatic rings. The van der Waals surface area contributed by atoms with Crippen LogP contribution >= 0.6 is 0 Å². The number of ether oxygens (including phenoxy) is 1. The first kappa shape index (κ1) is 18.6. The van der Waals surface area contributed by atoms with Gasteiger partial charge >= 0.3 is 0 Å². The Morgan fingerprint density at radius 1 is 1.10 bits per heavy atom. The number of nitrogens with zero attached hydrogens (tertiary/aromatic N) is 3. The van der Waals surface area contributed by atoms with Gasteiger partial charge in [-0.15, -0.1) is 0 Å². The Morgan fingerprint density at radius 3 is 2.73 bits per heavy atom. The summed E-state index contributed by atoms with van der Waals surface area (Å²) in [6.07, 6.45) is 6.18. The first-order valence-electron chi connectivity index (χ1n) is 10.4. The molecular formula is C24H26N5O+. The molecule has 0 radical (unpaired) electrons. The van der Waals surface area contributed by atoms with Gasteiger partial charge in [0.05, 0.1) is 45.4 Å². The van der Waals surface area contributed by atoms with Crippen molar-refractivity contribution in [3.8, 4) is 5.75 Å². The van der Waals surface area contributed by atoms with E-state index in [1.165, 1.54) is 5.56 Å². The third-order valence-electron chi connectivity index (χ3n) is 5.86. The molecule has 0 atom stereocenters. The highest BCUT2D eigenvalue weighted by molar-refractivity contribution is 6.08. The summed E-state index contributed by atoms with van der Waals surface area (Å²) in [4.78, 5) is 16.7. The van der Waals surface area contributed by atoms with E-state index in [9.17, 15) is 0 Å². The number of methoxy groups -OCH3 is 1. The average molecular weight is 401 g/mol. The average Bonchev–Trinajstić information content (AvgIpc) is 3.18. The van der Waals surface area contributed by atoms with Crippen LogP contribution in [-0.2, 0) is 0 Å². The van der Waals surface area contributed by atoms with Crippen molar-refractivity contribution in [1.82, 2.24) is 15.0 Å². The van der Waals surface area contributed by atoms with Crippen LogP contribution in [0, 0.1) is 0 Å². The molecular weight excluding hydrogens is 374 g/mol. The Labute approximate surface area is 175 Å². The summed E-state index contributed by atoms with van der Waals surface area (Å²) in [7, 11) is 1.69. The van der Waals surface area contributed by atoms with Gasteiger partial charge in [0.2, 0.25) is 0 Å². The number of aromatic nitrogens is 3. The molecule has 5 rings (SSSR count). The molecule has 6 heteroatoms. The lowest BCUT2D eigenvalue weighted by Crippen LogP contribution is -3.14. The van der Waals surface area contributed by atoms with Gasteiger partial charge in [-0.2, -0.15) is 0 Å². The molecule has 0 saturated carbocycles. The maximum absolute atomic E-state index is 5.36. The van der Waals surface area contributed by atoms with E-state index in [4.69, 9.17) is 4.74 Å². The van der Waals surface area contributed by atoms with E-state index in [1.807, 2.05) is 12.1 Å². The molecule has 0 amide bonds. The van der Waals surface area contributed by atoms with E-state index >= 15 is 0 Å². The normalized spacial score (nSPS) is 15.4. The van der Waals surface area contributed by atoms with Gasteiger partial charge in [-0.3, -0.25) is 0 Å². The van der Waals surface area contributed by atoms with Crippen molar-refractivity contribution in [3.63, 3.8) is 0 Å². The second-order valence-electron chi connectivity index (χ2n) is 7.71. The third-order valence-corrected chi connectivity index (χ3v) is 5.86. The van der Waals surface area contributed by atoms with Gasteiger partial charge in [-0.25, -0.2) is 9.97 Å². The predicted molar refractivity (Wildman–Crippen MR) is 121 cm³/mol. The number of piperazine rings is 1. The van der Waals surface area contributed by atoms with Crippen LogP contribution in [0.15, 0.2) is 60.9 Å². The Balaban J connectivity index is 1.30. The highest BCUT2D eigenvalue weighted by Gasteiger charge is 2.23. The van der Waals surface area contributed by atoms with Gasteiger partial charge in [0.1, 0.15) is 23.1 Å². The molecule has 0 aliphatic carbocycles. The van der Waals surface area contributed by atoms with Gasteiger partial charge in [0.25, 0.3) is 0 Å². The highest BCUT2D eigenvalue weighted by Crippen LogP contribution is 2.31. The quantitative estimate of drug-likeness (QED) is 0.541. The van der Waals surface area contributed by atoms with Gasteiger partial charge < -0.3 is 19.5 Å². The predicted octanol–water partition coefficient (Wildman–Crippen LogP) is 2.54. The fourth-order valence-electron chi connectivity index (χ4n) is 4.19. The minimum absolute atomic E-state index is 0.837. The number of anilines is 1. The number of hydrogen-bond acceptors (Lipinski definition) is 4. The Hall–Kier alpha value is -3.38. The van der Waals surface area contributed by atoms with Crippen molar-refractivity contribution in [2.75, 3.05) is 44.7 Å². The fraction of sp³-hybridized carbons (Fsp3) is 0.250. The first-order valence-corrected chi connectivity index (χ1v) is 10.4. The molecule has 2 N–H and O–H groups in total. The lowest BCUT2D eigenvalue weighted by molar-refractivity contribution is -0.894. The van der Waals surface area contributed by atoms with Crippen molar-refractivity contribution >= 4 is 33.8 Å². The van der Waals surface area contributed by atoms with E-state index in [0.717, 1.165) is 66.2 Å². The molecule has 3 heterocycles. The molecule has 1 aliphatic rings. The number of benzene rings is 2. The molecule has 6 nitrogen and oxygen atoms in total. The molecule has 152 valence electrons. The number of hydrogen-bond donors (Lipinski definition) is 2. The van der Waals surface area contributed by atoms with Crippen molar-refractivity contribution < 1.29 is 9.64 Å². The number of nitrogens with one attached hydrogen (secondary N) is 2. The molecule has 1 aliphatic heterocycles. The van der Waals surface area contributed by atoms with E-state index in [1.54, 1.807) is 18.3 Å². The van der Waals surface area contributed by atoms with Crippen LogP contribution in [0.5, 0.6) is 5.75 Å². The zero-order valence-electron chi connectivity index (χ0n) is 17.1. The van der Waals surface area contributed by atoms with Crippen LogP contribution in [-0.4, -0.2) is 54.8 Å². The zero-order valence-corrected chi connectivity index (χ0v) is 17.1. The maximum Gasteiger partial charge on any atom is 0.156 e. The van der Waals surface area contributed by atoms with Crippen LogP contribution in [0.2, 0.25) is 0 Å². The summed E-state index contributed by atoms with van der Waals surface area (Å²) in [5.74, 6) is 1.83. The molecule has 2 aromatic heterocycles. The summed E-state index contributed by atoms with van der Waals surface area (Å²) in [6.45, 7) is 5.21. The second kappa shape index (κ2) is 8.16. The third kappa shape index (κ3) is 3.62. The number of aromatic amines is 1. The molecule has 1 fully saturated rings. The molecule has 1 saturated heterocycles. The van der Waals surface area contributed by atoms with Crippen molar-refractivity contribution in [2.45, 2.75) is 0 Å². The van der Waals surface area contributed by atoms with E-state index in [0.29, 0.717) is 0 Å². The lowest BCUT2D eigenvalue weighted by atomic mass is 10.2. The molecule has 0 unspecified atom stereocenters. The number of quaternary nitrogens is 1. The smallest absolute Gasteiger partial charge is 0.156 e. The van der Waals surface area contributed by atoms with Gasteiger partial charge in [0, 0.05) is 11.5 Å². The standard InChI is InChI=1S/C24H25N5O/c1-30-19-9-10-20-21(16-19)27-23-22(20)25-17-26-24(23)29-14-12-28(13-15-29)11-5-8-18-6-3-2-4-7-18/h2-10,16-17,27H,11-15H2,1H3/p+1/b8-5+. The van der Waals surface area contributed by atoms with Crippen LogP contribution in [0.25, 0.3) is 28.0 Å². The van der Waals surface area contributed by atoms with Crippen LogP contribution in [0.3, 0.4) is 0 Å². The summed E-state index contributed by atoms with van der Waals surface area (Å²) in [5, 5.41) is 1.10. The summed E-state index contributed by atoms with van der Waals surface area (Å²) in [6, 6.07) is 16.5. The van der Waals surface area contributed by atoms with Crippen molar-refractivity contribution in [3.05, 3.63) is 66.5 Å². The summed E-state index contributed by atoms with van der Waals surface area (Å²) >= 11 is 0. The van der Waals surface area contributed by atoms with Crippen LogP contribution < -0.4 is 14.5 Å². The largest absolute Gasteiger partial charge is 0.497 e. The summed E-state index contributed by atoms with van der Waals surface area (Å²) < 4.78 is 5.36. The molecule has 2 aromatic carbocycles. The van der Waals surface area contributed by atoms with Crippen LogP contribution in [0.1, 0.15) is 5.56 Å². The lowest BCUT2D eigenvalue weighted by Gasteiger charge is -2.32. The minimum Gasteiger partial charge on any atom is -0.497 e. The topological polar surface area (TPSA) is 58.5 Å². The van der Waals surface area contributed by atoms with E-state index < -0.39 is 0 Å². The van der Waals surface area contributed by atoms with E-state index in [-0.39, 0.29) is 0 Å². The SMILES string of the molecule is COc1ccc2c(c1)[nH]c1c(N3CC[NH+](C/C=C/c4ccccc4)CC3)ncnc12. The summed E-state index contributed by atoms with van der Waals surface area (Å²) in [5.41, 5.74) is 4.27. The molecule has 0 bridgehead atoms. The highest BCUT2D eigenvalue weighted by atomic mass is 16.5. The van der Waals surface area contributed by atoms with Crippen LogP contribution in [0.4, 0.5) is 5.82 Å². The number of H-pyrrole nitrogens is 1.